The fourth-order valence-corrected chi connectivity index (χ4v) is 12.3. The van der Waals surface area contributed by atoms with Crippen molar-refractivity contribution in [2.45, 2.75) is 0 Å². The van der Waals surface area contributed by atoms with Gasteiger partial charge in [-0.3, -0.25) is 75.0 Å². The fourth-order valence-electron chi connectivity index (χ4n) is 10.1. The number of rotatable bonds is 0. The minimum Gasteiger partial charge on any atom is -0.452 e. The molecule has 0 spiro atoms. The zero-order valence-corrected chi connectivity index (χ0v) is 89.8. The van der Waals surface area contributed by atoms with E-state index in [4.69, 9.17) is 0 Å². The summed E-state index contributed by atoms with van der Waals surface area (Å²) < 4.78 is 29.7. The molecule has 0 amide bonds. The topological polar surface area (TPSA) is 483 Å². The molecule has 0 fully saturated rings. The number of hydrogen-bond acceptors (Lipinski definition) is 36. The van der Waals surface area contributed by atoms with Crippen molar-refractivity contribution in [3.8, 4) is 0 Å². The van der Waals surface area contributed by atoms with Crippen LogP contribution in [0.25, 0.3) is 110 Å². The Kier molecular flexibility index (Phi) is 59.6. The summed E-state index contributed by atoms with van der Waals surface area (Å²) in [7, 11) is 0. The molecule has 28 aromatic rings. The van der Waals surface area contributed by atoms with Crippen molar-refractivity contribution in [2.24, 2.45) is 0 Å². The molecular formula is C96H76N34O3S3SeY4-4. The van der Waals surface area contributed by atoms with E-state index in [1.54, 1.807) is 170 Å². The zero-order chi connectivity index (χ0) is 94.3. The van der Waals surface area contributed by atoms with E-state index in [0.717, 1.165) is 105 Å². The minimum atomic E-state index is 0. The van der Waals surface area contributed by atoms with E-state index < -0.39 is 0 Å². The zero-order valence-electron chi connectivity index (χ0n) is 74.3. The summed E-state index contributed by atoms with van der Waals surface area (Å²) in [5, 5.41) is 40.1. The molecule has 0 unspecified atom stereocenters. The molecule has 0 saturated heterocycles. The molecule has 21 aromatic heterocycles. The Bertz CT molecular complexity index is 6230. The summed E-state index contributed by atoms with van der Waals surface area (Å²) >= 11 is 4.47. The molecule has 0 aliphatic rings. The van der Waals surface area contributed by atoms with Crippen LogP contribution >= 0.6 is 34.4 Å². The summed E-state index contributed by atoms with van der Waals surface area (Å²) in [4.78, 5) is 78.7. The second-order valence-corrected chi connectivity index (χ2v) is 28.1. The Morgan fingerprint density at radius 2 is 0.766 bits per heavy atom. The maximum absolute atomic E-state index is 4.47. The van der Waals surface area contributed by atoms with Gasteiger partial charge in [0.05, 0.1) is 80.0 Å². The average Bonchev–Trinajstić information content (AvgIpc) is 1.68. The third-order valence-electron chi connectivity index (χ3n) is 16.0. The number of thiazole rings is 1. The number of imidazole rings is 2. The van der Waals surface area contributed by atoms with E-state index in [9.17, 15) is 0 Å². The molecule has 0 saturated carbocycles. The van der Waals surface area contributed by atoms with Gasteiger partial charge in [-0.05, 0) is 132 Å². The van der Waals surface area contributed by atoms with Gasteiger partial charge < -0.3 is 58.7 Å². The van der Waals surface area contributed by atoms with Crippen LogP contribution in [0.4, 0.5) is 0 Å². The van der Waals surface area contributed by atoms with Gasteiger partial charge >= 0.3 is 58.2 Å². The molecule has 688 valence electrons. The smallest absolute Gasteiger partial charge is 0.203 e. The summed E-state index contributed by atoms with van der Waals surface area (Å²) in [5.74, 6) is 0. The van der Waals surface area contributed by atoms with Crippen LogP contribution in [0.2, 0.25) is 0 Å². The Morgan fingerprint density at radius 1 is 0.270 bits per heavy atom. The van der Waals surface area contributed by atoms with Crippen LogP contribution < -0.4 is 20.1 Å². The number of fused-ring (bicyclic) bond motifs is 11. The van der Waals surface area contributed by atoms with E-state index in [1.165, 1.54) is 79.1 Å². The van der Waals surface area contributed by atoms with Crippen molar-refractivity contribution in [1.82, 2.24) is 168 Å². The van der Waals surface area contributed by atoms with Gasteiger partial charge in [0.15, 0.2) is 6.39 Å². The largest absolute Gasteiger partial charge is 0.452 e. The van der Waals surface area contributed by atoms with Crippen LogP contribution in [0.5, 0.6) is 0 Å². The number of benzene rings is 7. The van der Waals surface area contributed by atoms with Gasteiger partial charge in [0, 0.05) is 258 Å². The maximum atomic E-state index is 4.47. The molecule has 0 aliphatic carbocycles. The van der Waals surface area contributed by atoms with E-state index in [-0.39, 0.29) is 146 Å². The third kappa shape index (κ3) is 46.4. The van der Waals surface area contributed by atoms with Gasteiger partial charge in [-0.15, -0.1) is 43.1 Å². The first-order valence-corrected chi connectivity index (χ1v) is 44.4. The molecule has 21 heterocycles. The predicted molar refractivity (Wildman–Crippen MR) is 526 cm³/mol. The Balaban J connectivity index is 0.000000204. The van der Waals surface area contributed by atoms with Crippen molar-refractivity contribution >= 4 is 159 Å². The van der Waals surface area contributed by atoms with Gasteiger partial charge in [-0.1, -0.05) is 158 Å². The summed E-state index contributed by atoms with van der Waals surface area (Å²) in [5.41, 5.74) is 21.4. The molecule has 0 bridgehead atoms. The van der Waals surface area contributed by atoms with Crippen molar-refractivity contribution in [1.29, 1.82) is 0 Å². The Hall–Kier alpha value is -14.3. The molecule has 7 aromatic carbocycles. The second-order valence-electron chi connectivity index (χ2n) is 25.0. The minimum absolute atomic E-state index is 0. The van der Waals surface area contributed by atoms with Gasteiger partial charge in [-0.2, -0.15) is 8.75 Å². The van der Waals surface area contributed by atoms with Crippen LogP contribution in [0.3, 0.4) is 0 Å². The summed E-state index contributed by atoms with van der Waals surface area (Å²) in [6.45, 7) is 0. The van der Waals surface area contributed by atoms with E-state index in [0.29, 0.717) is 0 Å². The Morgan fingerprint density at radius 3 is 1.18 bits per heavy atom. The number of hydrogen-bond donors (Lipinski definition) is 0. The maximum Gasteiger partial charge on any atom is 0.203 e. The number of nitrogens with zero attached hydrogens (tertiary/aromatic N) is 34. The van der Waals surface area contributed by atoms with Crippen LogP contribution in [0.1, 0.15) is 0 Å². The van der Waals surface area contributed by atoms with Crippen molar-refractivity contribution in [3.05, 3.63) is 464 Å². The molecule has 45 heteroatoms. The molecule has 0 atom stereocenters. The number of para-hydroxylation sites is 5. The normalized spacial score (nSPS) is 9.19. The molecular weight excluding hydrogens is 2210 g/mol. The SMILES string of the molecule is [Y].[Y].[Y].[Y].c1c[n-]cn1.c1cc2nccnc2cn1.c1ccc2[n-]cnc2c1.c1ccc2[n-]nnc2c1.c1ccc2n[se]nc2c1.c1ccc2ncccc2c1.c1ccc2nccnc2c1.c1ccc2nsnc2c1.c1ccncc1.c1cnc2c(c1)ccc1cccnc12.c1cnc2cccnc2c1.c1cnccn1.c1cnoc1.c1cocn1.c1cscn1.c1nnc[n-]1.c1nnco1.c1nncs1. The summed E-state index contributed by atoms with van der Waals surface area (Å²) in [6, 6.07) is 80.2. The molecule has 37 nitrogen and oxygen atoms in total. The number of aromatic nitrogens is 34. The van der Waals surface area contributed by atoms with Crippen LogP contribution in [0.15, 0.2) is 477 Å². The first kappa shape index (κ1) is 114. The summed E-state index contributed by atoms with van der Waals surface area (Å²) in [6.07, 6.45) is 50.1. The predicted octanol–water partition coefficient (Wildman–Crippen LogP) is 17.6. The van der Waals surface area contributed by atoms with Crippen LogP contribution in [-0.4, -0.2) is 162 Å². The average molecular weight is 2280 g/mol. The number of pyridine rings is 7. The molecule has 28 rings (SSSR count). The quantitative estimate of drug-likeness (QED) is 0.100. The van der Waals surface area contributed by atoms with Gasteiger partial charge in [-0.25, -0.2) is 4.98 Å². The first-order chi connectivity index (χ1) is 68.2. The van der Waals surface area contributed by atoms with Gasteiger partial charge in [0.25, 0.3) is 0 Å². The van der Waals surface area contributed by atoms with Crippen LogP contribution in [0, 0.1) is 0 Å². The molecule has 0 aliphatic heterocycles. The molecule has 0 N–H and O–H groups in total. The van der Waals surface area contributed by atoms with E-state index in [1.807, 2.05) is 218 Å². The fraction of sp³-hybridized carbons (Fsp3) is 0. The van der Waals surface area contributed by atoms with Gasteiger partial charge in [0.2, 0.25) is 12.8 Å². The molecule has 141 heavy (non-hydrogen) atoms. The van der Waals surface area contributed by atoms with Crippen molar-refractivity contribution in [2.75, 3.05) is 0 Å². The van der Waals surface area contributed by atoms with Crippen LogP contribution in [-0.2, 0) is 131 Å². The standard InChI is InChI=1S/C12H8N2.C9H7N.2C8H6N2.C7H5N3.C7H5N2.C6H4N3.C6H4N2S.C6H4N2Se.C5H5N.C4H4N2.C3H3N2.2C3H3NO.C3H3NS.C2H2N3.C2H2N2O.C2H2N2S.4Y/c1-3-9-5-6-10-4-2-8-14-12(10)11(9)13-7-1;1-2-6-9-8(4-1)5-3-7-10-9;1-3-7-8(9-5-1)4-2-6-10-7;1-2-4-8-7(3-1)9-5-6-10-8;1-2-8-5-7-6(1)9-3-4-10-7;1-2-4-7-6(3-1)8-5-9-7;3*1-2-4-6-5(3-1)7-9-8-6;1-2-4-6-5-3-1;1-2-6-4-3-5-1;2*1-2-5-3-4-1;1-2-4-5-3-1;1-2-5-3-4-1;1-3-2-5-4-1;2*1-3-4-2-5-1;;;;/h1-8H;1-7H;2*1-6H;1-5H;1-5H;3*1-4H;1-5H;1-4H;4*1-3H;3*1-2H;;;;/q;;;;;2*-1;;;;;-1;;;;-1;;;;;;. The first-order valence-electron chi connectivity index (χ1n) is 40.3. The van der Waals surface area contributed by atoms with Gasteiger partial charge in [0.1, 0.15) is 40.1 Å². The number of oxazole rings is 1. The van der Waals surface area contributed by atoms with Crippen molar-refractivity contribution < 1.29 is 144 Å². The van der Waals surface area contributed by atoms with E-state index in [2.05, 4.69) is 217 Å². The third-order valence-corrected chi connectivity index (χ3v) is 18.7. The van der Waals surface area contributed by atoms with E-state index >= 15 is 0 Å². The molecule has 4 radical (unpaired) electrons. The van der Waals surface area contributed by atoms with Crippen molar-refractivity contribution in [3.63, 3.8) is 0 Å². The monoisotopic (exact) mass is 2280 g/mol. The second kappa shape index (κ2) is 73.9. The Labute approximate surface area is 924 Å².